The van der Waals surface area contributed by atoms with Crippen LogP contribution in [0.25, 0.3) is 23.0 Å². The summed E-state index contributed by atoms with van der Waals surface area (Å²) < 4.78 is 18.0. The van der Waals surface area contributed by atoms with Crippen LogP contribution in [0.15, 0.2) is 28.9 Å². The van der Waals surface area contributed by atoms with Crippen LogP contribution >= 0.6 is 0 Å². The minimum atomic E-state index is -0.424. The second-order valence-corrected chi connectivity index (χ2v) is 3.51. The van der Waals surface area contributed by atoms with Gasteiger partial charge in [-0.15, -0.1) is 0 Å². The van der Waals surface area contributed by atoms with Crippen molar-refractivity contribution in [2.24, 2.45) is 0 Å². The molecule has 90 valence electrons. The summed E-state index contributed by atoms with van der Waals surface area (Å²) in [6.07, 6.45) is 1.46. The highest BCUT2D eigenvalue weighted by molar-refractivity contribution is 5.71. The molecule has 7 nitrogen and oxygen atoms in total. The quantitative estimate of drug-likeness (QED) is 0.659. The lowest BCUT2D eigenvalue weighted by molar-refractivity contribution is 0.432. The molecule has 8 heteroatoms. The Morgan fingerprint density at radius 2 is 2.22 bits per heavy atom. The second-order valence-electron chi connectivity index (χ2n) is 3.51. The summed E-state index contributed by atoms with van der Waals surface area (Å²) in [6.45, 7) is 0. The van der Waals surface area contributed by atoms with E-state index in [-0.39, 0.29) is 17.4 Å². The molecule has 2 aromatic heterocycles. The molecule has 3 rings (SSSR count). The highest BCUT2D eigenvalue weighted by atomic mass is 19.1. The van der Waals surface area contributed by atoms with Gasteiger partial charge in [0, 0.05) is 5.69 Å². The van der Waals surface area contributed by atoms with E-state index in [1.807, 2.05) is 0 Å². The summed E-state index contributed by atoms with van der Waals surface area (Å²) in [5.41, 5.74) is 6.83. The SMILES string of the molecule is Nc1cc(F)ccc1-c1nc(-c2cn[nH]n2)no1. The maximum Gasteiger partial charge on any atom is 0.260 e. The summed E-state index contributed by atoms with van der Waals surface area (Å²) in [5, 5.41) is 13.6. The predicted octanol–water partition coefficient (Wildman–Crippen LogP) is 1.24. The molecule has 0 aliphatic carbocycles. The predicted molar refractivity (Wildman–Crippen MR) is 59.5 cm³/mol. The van der Waals surface area contributed by atoms with Crippen molar-refractivity contribution in [3.63, 3.8) is 0 Å². The third kappa shape index (κ3) is 1.69. The van der Waals surface area contributed by atoms with E-state index >= 15 is 0 Å². The van der Waals surface area contributed by atoms with Crippen molar-refractivity contribution in [3.05, 3.63) is 30.2 Å². The molecule has 2 heterocycles. The zero-order valence-electron chi connectivity index (χ0n) is 8.96. The van der Waals surface area contributed by atoms with Crippen molar-refractivity contribution in [3.8, 4) is 23.0 Å². The van der Waals surface area contributed by atoms with E-state index in [4.69, 9.17) is 10.3 Å². The van der Waals surface area contributed by atoms with Crippen molar-refractivity contribution in [2.45, 2.75) is 0 Å². The molecule has 0 unspecified atom stereocenters. The summed E-state index contributed by atoms with van der Waals surface area (Å²) in [6, 6.07) is 3.94. The Morgan fingerprint density at radius 1 is 1.33 bits per heavy atom. The first-order chi connectivity index (χ1) is 8.74. The van der Waals surface area contributed by atoms with Crippen LogP contribution in [0.4, 0.5) is 10.1 Å². The Hall–Kier alpha value is -2.77. The minimum absolute atomic E-state index is 0.200. The molecule has 0 fully saturated rings. The molecule has 0 atom stereocenters. The molecule has 0 bridgehead atoms. The van der Waals surface area contributed by atoms with Crippen molar-refractivity contribution in [1.82, 2.24) is 25.6 Å². The van der Waals surface area contributed by atoms with Gasteiger partial charge in [0.25, 0.3) is 5.89 Å². The second kappa shape index (κ2) is 3.91. The van der Waals surface area contributed by atoms with Gasteiger partial charge in [0.2, 0.25) is 5.82 Å². The summed E-state index contributed by atoms with van der Waals surface area (Å²) in [5.74, 6) is 0.0560. The molecule has 0 aliphatic rings. The molecule has 3 N–H and O–H groups in total. The van der Waals surface area contributed by atoms with Crippen LogP contribution in [0.5, 0.6) is 0 Å². The first kappa shape index (κ1) is 10.4. The fourth-order valence-corrected chi connectivity index (χ4v) is 1.47. The number of nitrogen functional groups attached to an aromatic ring is 1. The van der Waals surface area contributed by atoms with Gasteiger partial charge < -0.3 is 10.3 Å². The largest absolute Gasteiger partial charge is 0.398 e. The zero-order chi connectivity index (χ0) is 12.5. The van der Waals surface area contributed by atoms with E-state index in [1.54, 1.807) is 0 Å². The third-order valence-corrected chi connectivity index (χ3v) is 2.31. The molecule has 0 amide bonds. The van der Waals surface area contributed by atoms with Gasteiger partial charge in [0.15, 0.2) is 5.69 Å². The van der Waals surface area contributed by atoms with E-state index in [9.17, 15) is 4.39 Å². The number of anilines is 1. The lowest BCUT2D eigenvalue weighted by atomic mass is 10.2. The van der Waals surface area contributed by atoms with E-state index in [1.165, 1.54) is 24.4 Å². The number of rotatable bonds is 2. The van der Waals surface area contributed by atoms with Crippen molar-refractivity contribution in [1.29, 1.82) is 0 Å². The Kier molecular flexibility index (Phi) is 2.26. The number of aromatic amines is 1. The van der Waals surface area contributed by atoms with E-state index in [0.29, 0.717) is 11.3 Å². The van der Waals surface area contributed by atoms with Crippen LogP contribution in [0, 0.1) is 5.82 Å². The van der Waals surface area contributed by atoms with Gasteiger partial charge in [0.1, 0.15) is 5.82 Å². The van der Waals surface area contributed by atoms with Crippen molar-refractivity contribution < 1.29 is 8.91 Å². The van der Waals surface area contributed by atoms with Crippen LogP contribution in [0.1, 0.15) is 0 Å². The highest BCUT2D eigenvalue weighted by Crippen LogP contribution is 2.26. The summed E-state index contributed by atoms with van der Waals surface area (Å²) >= 11 is 0. The lowest BCUT2D eigenvalue weighted by Gasteiger charge is -1.99. The summed E-state index contributed by atoms with van der Waals surface area (Å²) in [4.78, 5) is 4.11. The number of aromatic nitrogens is 5. The fourth-order valence-electron chi connectivity index (χ4n) is 1.47. The maximum atomic E-state index is 12.9. The Bertz CT molecular complexity index is 678. The molecule has 0 aliphatic heterocycles. The van der Waals surface area contributed by atoms with E-state index in [0.717, 1.165) is 0 Å². The third-order valence-electron chi connectivity index (χ3n) is 2.31. The smallest absolute Gasteiger partial charge is 0.260 e. The number of hydrogen-bond donors (Lipinski definition) is 2. The van der Waals surface area contributed by atoms with Crippen molar-refractivity contribution in [2.75, 3.05) is 5.73 Å². The maximum absolute atomic E-state index is 12.9. The van der Waals surface area contributed by atoms with Crippen LogP contribution in [-0.4, -0.2) is 25.6 Å². The van der Waals surface area contributed by atoms with Gasteiger partial charge in [-0.1, -0.05) is 5.16 Å². The van der Waals surface area contributed by atoms with Crippen LogP contribution in [0.3, 0.4) is 0 Å². The number of nitrogens with two attached hydrogens (primary N) is 1. The van der Waals surface area contributed by atoms with Gasteiger partial charge in [-0.3, -0.25) is 0 Å². The van der Waals surface area contributed by atoms with Gasteiger partial charge in [-0.25, -0.2) is 4.39 Å². The number of benzene rings is 1. The van der Waals surface area contributed by atoms with Gasteiger partial charge in [0.05, 0.1) is 11.8 Å². The molecule has 0 saturated carbocycles. The Balaban J connectivity index is 2.03. The first-order valence-corrected chi connectivity index (χ1v) is 4.99. The Labute approximate surface area is 99.8 Å². The molecular formula is C10H7FN6O. The average molecular weight is 246 g/mol. The van der Waals surface area contributed by atoms with Crippen molar-refractivity contribution >= 4 is 5.69 Å². The topological polar surface area (TPSA) is 107 Å². The molecule has 0 radical (unpaired) electrons. The normalized spacial score (nSPS) is 10.7. The number of nitrogens with one attached hydrogen (secondary N) is 1. The van der Waals surface area contributed by atoms with Gasteiger partial charge >= 0.3 is 0 Å². The monoisotopic (exact) mass is 246 g/mol. The highest BCUT2D eigenvalue weighted by Gasteiger charge is 2.14. The fraction of sp³-hybridized carbons (Fsp3) is 0. The standard InChI is InChI=1S/C10H7FN6O/c11-5-1-2-6(7(12)3-5)10-14-9(16-18-10)8-4-13-17-15-8/h1-4H,12H2,(H,13,15,17). The first-order valence-electron chi connectivity index (χ1n) is 4.99. The molecule has 3 aromatic rings. The van der Waals surface area contributed by atoms with Crippen LogP contribution in [-0.2, 0) is 0 Å². The van der Waals surface area contributed by atoms with E-state index < -0.39 is 5.82 Å². The summed E-state index contributed by atoms with van der Waals surface area (Å²) in [7, 11) is 0. The average Bonchev–Trinajstić information content (AvgIpc) is 2.99. The van der Waals surface area contributed by atoms with Crippen LogP contribution in [0.2, 0.25) is 0 Å². The number of nitrogens with zero attached hydrogens (tertiary/aromatic N) is 4. The molecule has 1 aromatic carbocycles. The lowest BCUT2D eigenvalue weighted by Crippen LogP contribution is -1.91. The van der Waals surface area contributed by atoms with Crippen LogP contribution < -0.4 is 5.73 Å². The zero-order valence-corrected chi connectivity index (χ0v) is 8.96. The van der Waals surface area contributed by atoms with Gasteiger partial charge in [-0.2, -0.15) is 20.4 Å². The molecule has 0 spiro atoms. The molecular weight excluding hydrogens is 239 g/mol. The number of H-pyrrole nitrogens is 1. The number of hydrogen-bond acceptors (Lipinski definition) is 6. The minimum Gasteiger partial charge on any atom is -0.398 e. The number of halogens is 1. The molecule has 0 saturated heterocycles. The Morgan fingerprint density at radius 3 is 2.94 bits per heavy atom. The van der Waals surface area contributed by atoms with E-state index in [2.05, 4.69) is 25.6 Å². The molecule has 18 heavy (non-hydrogen) atoms. The van der Waals surface area contributed by atoms with Gasteiger partial charge in [-0.05, 0) is 18.2 Å².